The molecule has 1 aliphatic rings. The lowest BCUT2D eigenvalue weighted by molar-refractivity contribution is -0.156. The van der Waals surface area contributed by atoms with Crippen molar-refractivity contribution in [1.29, 1.82) is 0 Å². The number of esters is 1. The van der Waals surface area contributed by atoms with E-state index in [0.717, 1.165) is 25.9 Å². The molecule has 1 heterocycles. The van der Waals surface area contributed by atoms with Gasteiger partial charge in [0.25, 0.3) is 0 Å². The van der Waals surface area contributed by atoms with Crippen LogP contribution in [0.1, 0.15) is 40.5 Å². The number of carbonyl (C=O) groups excluding carboxylic acids is 2. The van der Waals surface area contributed by atoms with E-state index in [1.807, 2.05) is 20.8 Å². The van der Waals surface area contributed by atoms with Gasteiger partial charge < -0.3 is 9.47 Å². The van der Waals surface area contributed by atoms with Gasteiger partial charge in [-0.05, 0) is 40.5 Å². The Labute approximate surface area is 115 Å². The fourth-order valence-corrected chi connectivity index (χ4v) is 2.03. The van der Waals surface area contributed by atoms with E-state index in [9.17, 15) is 9.59 Å². The third-order valence-corrected chi connectivity index (χ3v) is 2.83. The molecule has 0 saturated carbocycles. The Morgan fingerprint density at radius 2 is 1.79 bits per heavy atom. The van der Waals surface area contributed by atoms with Crippen molar-refractivity contribution in [3.63, 3.8) is 0 Å². The Balaban J connectivity index is 2.23. The molecule has 1 saturated heterocycles. The predicted octanol–water partition coefficient (Wildman–Crippen LogP) is 1.40. The van der Waals surface area contributed by atoms with Crippen molar-refractivity contribution in [2.75, 3.05) is 26.2 Å². The van der Waals surface area contributed by atoms with Gasteiger partial charge in [-0.25, -0.2) is 0 Å². The summed E-state index contributed by atoms with van der Waals surface area (Å²) in [6, 6.07) is 0. The number of Topliss-reactive ketones (excluding diaryl/α,β-unsaturated/α-hetero) is 1. The summed E-state index contributed by atoms with van der Waals surface area (Å²) in [5.74, 6) is -0.133. The fourth-order valence-electron chi connectivity index (χ4n) is 2.03. The predicted molar refractivity (Wildman–Crippen MR) is 71.9 cm³/mol. The van der Waals surface area contributed by atoms with Gasteiger partial charge in [0.1, 0.15) is 12.2 Å². The lowest BCUT2D eigenvalue weighted by Crippen LogP contribution is -2.41. The molecule has 0 atom stereocenters. The minimum atomic E-state index is -0.431. The van der Waals surface area contributed by atoms with Crippen molar-refractivity contribution in [2.45, 2.75) is 52.2 Å². The molecule has 0 radical (unpaired) electrons. The van der Waals surface area contributed by atoms with Crippen LogP contribution in [0.15, 0.2) is 0 Å². The van der Waals surface area contributed by atoms with E-state index in [2.05, 4.69) is 4.90 Å². The highest BCUT2D eigenvalue weighted by Gasteiger charge is 2.24. The van der Waals surface area contributed by atoms with Crippen molar-refractivity contribution in [1.82, 2.24) is 4.90 Å². The topological polar surface area (TPSA) is 55.8 Å². The molecule has 1 fully saturated rings. The number of likely N-dealkylation sites (tertiary alicyclic amines) is 1. The number of nitrogens with zero attached hydrogens (tertiary/aromatic N) is 1. The highest BCUT2D eigenvalue weighted by molar-refractivity contribution is 5.76. The Hall–Kier alpha value is -0.940. The summed E-state index contributed by atoms with van der Waals surface area (Å²) in [6.45, 7) is 9.26. The van der Waals surface area contributed by atoms with E-state index in [0.29, 0.717) is 6.54 Å². The van der Waals surface area contributed by atoms with E-state index >= 15 is 0 Å². The second kappa shape index (κ2) is 7.01. The SMILES string of the molecule is CC(=O)COC1CCN(CC(=O)OC(C)(C)C)CC1. The van der Waals surface area contributed by atoms with Crippen LogP contribution in [0.2, 0.25) is 0 Å². The van der Waals surface area contributed by atoms with Crippen molar-refractivity contribution >= 4 is 11.8 Å². The van der Waals surface area contributed by atoms with Gasteiger partial charge in [0.15, 0.2) is 5.78 Å². The fraction of sp³-hybridized carbons (Fsp3) is 0.857. The molecule has 5 heteroatoms. The lowest BCUT2D eigenvalue weighted by Gasteiger charge is -2.31. The van der Waals surface area contributed by atoms with Gasteiger partial charge in [-0.15, -0.1) is 0 Å². The van der Waals surface area contributed by atoms with Crippen LogP contribution < -0.4 is 0 Å². The second-order valence-corrected chi connectivity index (χ2v) is 6.07. The van der Waals surface area contributed by atoms with Gasteiger partial charge in [0.2, 0.25) is 0 Å². The van der Waals surface area contributed by atoms with Gasteiger partial charge in [0.05, 0.1) is 12.6 Å². The van der Waals surface area contributed by atoms with Gasteiger partial charge in [-0.1, -0.05) is 0 Å². The lowest BCUT2D eigenvalue weighted by atomic mass is 10.1. The zero-order valence-electron chi connectivity index (χ0n) is 12.4. The van der Waals surface area contributed by atoms with E-state index in [4.69, 9.17) is 9.47 Å². The maximum absolute atomic E-state index is 11.7. The zero-order chi connectivity index (χ0) is 14.5. The number of hydrogen-bond donors (Lipinski definition) is 0. The summed E-state index contributed by atoms with van der Waals surface area (Å²) in [5.41, 5.74) is -0.431. The largest absolute Gasteiger partial charge is 0.459 e. The van der Waals surface area contributed by atoms with Crippen molar-refractivity contribution in [2.24, 2.45) is 0 Å². The number of ketones is 1. The Bertz CT molecular complexity index is 314. The van der Waals surface area contributed by atoms with Crippen LogP contribution in [0.3, 0.4) is 0 Å². The molecule has 1 rings (SSSR count). The molecule has 0 aromatic heterocycles. The molecule has 1 aliphatic heterocycles. The molecule has 0 aromatic carbocycles. The van der Waals surface area contributed by atoms with E-state index in [-0.39, 0.29) is 24.5 Å². The Morgan fingerprint density at radius 3 is 2.26 bits per heavy atom. The first-order valence-electron chi connectivity index (χ1n) is 6.81. The Kier molecular flexibility index (Phi) is 5.94. The zero-order valence-corrected chi connectivity index (χ0v) is 12.4. The molecule has 0 unspecified atom stereocenters. The minimum Gasteiger partial charge on any atom is -0.459 e. The number of hydrogen-bond acceptors (Lipinski definition) is 5. The van der Waals surface area contributed by atoms with Gasteiger partial charge >= 0.3 is 5.97 Å². The third-order valence-electron chi connectivity index (χ3n) is 2.83. The van der Waals surface area contributed by atoms with Crippen LogP contribution in [0, 0.1) is 0 Å². The van der Waals surface area contributed by atoms with E-state index in [1.54, 1.807) is 0 Å². The van der Waals surface area contributed by atoms with Crippen LogP contribution in [0.4, 0.5) is 0 Å². The van der Waals surface area contributed by atoms with E-state index < -0.39 is 5.60 Å². The molecule has 0 N–H and O–H groups in total. The smallest absolute Gasteiger partial charge is 0.320 e. The summed E-state index contributed by atoms with van der Waals surface area (Å²) in [7, 11) is 0. The van der Waals surface area contributed by atoms with Gasteiger partial charge in [-0.2, -0.15) is 0 Å². The molecule has 0 bridgehead atoms. The first-order chi connectivity index (χ1) is 8.76. The summed E-state index contributed by atoms with van der Waals surface area (Å²) < 4.78 is 10.8. The molecule has 0 aromatic rings. The molecular weight excluding hydrogens is 246 g/mol. The standard InChI is InChI=1S/C14H25NO4/c1-11(16)10-18-12-5-7-15(8-6-12)9-13(17)19-14(2,3)4/h12H,5-10H2,1-4H3. The monoisotopic (exact) mass is 271 g/mol. The highest BCUT2D eigenvalue weighted by Crippen LogP contribution is 2.14. The minimum absolute atomic E-state index is 0.0520. The number of carbonyl (C=O) groups is 2. The average molecular weight is 271 g/mol. The molecule has 5 nitrogen and oxygen atoms in total. The van der Waals surface area contributed by atoms with Crippen LogP contribution in [0.25, 0.3) is 0 Å². The van der Waals surface area contributed by atoms with Crippen molar-refractivity contribution < 1.29 is 19.1 Å². The van der Waals surface area contributed by atoms with Crippen LogP contribution in [-0.4, -0.2) is 54.6 Å². The number of ether oxygens (including phenoxy) is 2. The number of piperidine rings is 1. The van der Waals surface area contributed by atoms with Crippen molar-refractivity contribution in [3.05, 3.63) is 0 Å². The van der Waals surface area contributed by atoms with Crippen LogP contribution in [0.5, 0.6) is 0 Å². The first kappa shape index (κ1) is 16.1. The normalized spacial score (nSPS) is 18.3. The Morgan fingerprint density at radius 1 is 1.21 bits per heavy atom. The maximum Gasteiger partial charge on any atom is 0.320 e. The molecule has 0 amide bonds. The second-order valence-electron chi connectivity index (χ2n) is 6.07. The third kappa shape index (κ3) is 7.28. The highest BCUT2D eigenvalue weighted by atomic mass is 16.6. The summed E-state index contributed by atoms with van der Waals surface area (Å²) in [4.78, 5) is 24.6. The van der Waals surface area contributed by atoms with Crippen LogP contribution >= 0.6 is 0 Å². The van der Waals surface area contributed by atoms with Crippen molar-refractivity contribution in [3.8, 4) is 0 Å². The molecule has 110 valence electrons. The summed E-state index contributed by atoms with van der Waals surface area (Å²) >= 11 is 0. The van der Waals surface area contributed by atoms with Crippen LogP contribution in [-0.2, 0) is 19.1 Å². The molecule has 0 aliphatic carbocycles. The average Bonchev–Trinajstić information content (AvgIpc) is 2.25. The van der Waals surface area contributed by atoms with Gasteiger partial charge in [-0.3, -0.25) is 14.5 Å². The summed E-state index contributed by atoms with van der Waals surface area (Å²) in [5, 5.41) is 0. The quantitative estimate of drug-likeness (QED) is 0.707. The van der Waals surface area contributed by atoms with Gasteiger partial charge in [0, 0.05) is 13.1 Å². The van der Waals surface area contributed by atoms with E-state index in [1.165, 1.54) is 6.92 Å². The number of rotatable bonds is 5. The maximum atomic E-state index is 11.7. The molecular formula is C14H25NO4. The first-order valence-corrected chi connectivity index (χ1v) is 6.81. The molecule has 0 spiro atoms. The molecule has 19 heavy (non-hydrogen) atoms. The summed E-state index contributed by atoms with van der Waals surface area (Å²) in [6.07, 6.45) is 1.85.